The first kappa shape index (κ1) is 15.4. The fourth-order valence-electron chi connectivity index (χ4n) is 1.48. The van der Waals surface area contributed by atoms with Gasteiger partial charge >= 0.3 is 0 Å². The van der Waals surface area contributed by atoms with E-state index in [4.69, 9.17) is 18.6 Å². The van der Waals surface area contributed by atoms with Crippen molar-refractivity contribution in [3.8, 4) is 0 Å². The number of hydrogen-bond donors (Lipinski definition) is 0. The SMILES string of the molecule is COC(CCCN=C=O)C(OC)(OC)O[SiH3]. The van der Waals surface area contributed by atoms with Gasteiger partial charge in [-0.25, -0.2) is 9.79 Å². The van der Waals surface area contributed by atoms with Crippen LogP contribution in [0.4, 0.5) is 0 Å². The van der Waals surface area contributed by atoms with Gasteiger partial charge in [-0.15, -0.1) is 0 Å². The van der Waals surface area contributed by atoms with Gasteiger partial charge < -0.3 is 18.6 Å². The highest BCUT2D eigenvalue weighted by atomic mass is 28.2. The zero-order chi connectivity index (χ0) is 12.4. The lowest BCUT2D eigenvalue weighted by atomic mass is 10.1. The number of hydrogen-bond acceptors (Lipinski definition) is 6. The van der Waals surface area contributed by atoms with Gasteiger partial charge in [0.05, 0.1) is 6.54 Å². The standard InChI is InChI=1S/C9H19NO5Si/c1-12-8(5-4-6-10-7-11)9(13-2,14-3)15-16/h8H,4-6H2,1-3,16H3. The molecule has 6 nitrogen and oxygen atoms in total. The van der Waals surface area contributed by atoms with Crippen LogP contribution in [0.1, 0.15) is 12.8 Å². The van der Waals surface area contributed by atoms with Gasteiger partial charge in [-0.3, -0.25) is 0 Å². The van der Waals surface area contributed by atoms with E-state index in [1.54, 1.807) is 7.11 Å². The summed E-state index contributed by atoms with van der Waals surface area (Å²) in [4.78, 5) is 13.4. The summed E-state index contributed by atoms with van der Waals surface area (Å²) in [6.07, 6.45) is 2.42. The molecule has 0 saturated heterocycles. The van der Waals surface area contributed by atoms with Crippen molar-refractivity contribution in [1.29, 1.82) is 0 Å². The van der Waals surface area contributed by atoms with Gasteiger partial charge in [0, 0.05) is 21.3 Å². The Kier molecular flexibility index (Phi) is 8.27. The maximum absolute atomic E-state index is 9.89. The molecule has 1 unspecified atom stereocenters. The van der Waals surface area contributed by atoms with E-state index in [-0.39, 0.29) is 6.10 Å². The van der Waals surface area contributed by atoms with E-state index in [1.807, 2.05) is 0 Å². The van der Waals surface area contributed by atoms with Crippen molar-refractivity contribution in [3.05, 3.63) is 0 Å². The van der Waals surface area contributed by atoms with Gasteiger partial charge in [0.25, 0.3) is 5.97 Å². The third-order valence-electron chi connectivity index (χ3n) is 2.33. The third-order valence-corrected chi connectivity index (χ3v) is 2.90. The first-order valence-corrected chi connectivity index (χ1v) is 5.74. The second-order valence-corrected chi connectivity index (χ2v) is 3.46. The lowest BCUT2D eigenvalue weighted by Gasteiger charge is -2.35. The normalized spacial score (nSPS) is 13.4. The number of aliphatic imine (C=N–C) groups is 1. The summed E-state index contributed by atoms with van der Waals surface area (Å²) in [5.74, 6) is -1.16. The summed E-state index contributed by atoms with van der Waals surface area (Å²) in [5, 5.41) is 0. The molecule has 0 bridgehead atoms. The lowest BCUT2D eigenvalue weighted by molar-refractivity contribution is -0.365. The fourth-order valence-corrected chi connectivity index (χ4v) is 2.08. The Morgan fingerprint density at radius 1 is 1.38 bits per heavy atom. The van der Waals surface area contributed by atoms with Crippen molar-refractivity contribution in [3.63, 3.8) is 0 Å². The molecule has 0 aromatic carbocycles. The molecular formula is C9H19NO5Si. The van der Waals surface area contributed by atoms with Crippen molar-refractivity contribution in [2.75, 3.05) is 27.9 Å². The maximum atomic E-state index is 9.89. The van der Waals surface area contributed by atoms with Crippen LogP contribution >= 0.6 is 0 Å². The largest absolute Gasteiger partial charge is 0.378 e. The van der Waals surface area contributed by atoms with Crippen molar-refractivity contribution in [1.82, 2.24) is 0 Å². The Bertz CT molecular complexity index is 220. The van der Waals surface area contributed by atoms with E-state index >= 15 is 0 Å². The molecule has 0 radical (unpaired) electrons. The average Bonchev–Trinajstić information content (AvgIpc) is 2.34. The summed E-state index contributed by atoms with van der Waals surface area (Å²) in [5.41, 5.74) is 0. The molecule has 94 valence electrons. The molecular weight excluding hydrogens is 230 g/mol. The van der Waals surface area contributed by atoms with Crippen molar-refractivity contribution in [2.45, 2.75) is 24.9 Å². The Balaban J connectivity index is 4.37. The molecule has 0 aliphatic heterocycles. The first-order valence-electron chi connectivity index (χ1n) is 4.92. The van der Waals surface area contributed by atoms with Crippen LogP contribution in [0.2, 0.25) is 0 Å². The average molecular weight is 249 g/mol. The van der Waals surface area contributed by atoms with Gasteiger partial charge in [-0.2, -0.15) is 0 Å². The minimum Gasteiger partial charge on any atom is -0.378 e. The summed E-state index contributed by atoms with van der Waals surface area (Å²) < 4.78 is 21.0. The van der Waals surface area contributed by atoms with Crippen LogP contribution in [0.3, 0.4) is 0 Å². The molecule has 0 aromatic heterocycles. The van der Waals surface area contributed by atoms with Gasteiger partial charge in [0.1, 0.15) is 6.10 Å². The van der Waals surface area contributed by atoms with Crippen LogP contribution in [-0.4, -0.2) is 56.5 Å². The van der Waals surface area contributed by atoms with Gasteiger partial charge in [0.2, 0.25) is 6.08 Å². The lowest BCUT2D eigenvalue weighted by Crippen LogP contribution is -2.49. The summed E-state index contributed by atoms with van der Waals surface area (Å²) in [6.45, 7) is 0.411. The molecule has 7 heteroatoms. The van der Waals surface area contributed by atoms with E-state index < -0.39 is 5.97 Å². The quantitative estimate of drug-likeness (QED) is 0.179. The highest BCUT2D eigenvalue weighted by Gasteiger charge is 2.39. The molecule has 0 amide bonds. The Hall–Kier alpha value is -0.563. The van der Waals surface area contributed by atoms with Gasteiger partial charge in [0.15, 0.2) is 10.5 Å². The number of isocyanates is 1. The smallest absolute Gasteiger partial charge is 0.300 e. The number of carbonyl (C=O) groups excluding carboxylic acids is 1. The molecule has 0 spiro atoms. The van der Waals surface area contributed by atoms with E-state index in [2.05, 4.69) is 4.99 Å². The van der Waals surface area contributed by atoms with Crippen LogP contribution in [-0.2, 0) is 23.4 Å². The van der Waals surface area contributed by atoms with Crippen LogP contribution in [0.15, 0.2) is 4.99 Å². The Morgan fingerprint density at radius 2 is 2.00 bits per heavy atom. The Morgan fingerprint density at radius 3 is 2.38 bits per heavy atom. The topological polar surface area (TPSA) is 66.4 Å². The Labute approximate surface area is 98.5 Å². The van der Waals surface area contributed by atoms with Gasteiger partial charge in [-0.05, 0) is 12.8 Å². The number of nitrogens with zero attached hydrogens (tertiary/aromatic N) is 1. The van der Waals surface area contributed by atoms with E-state index in [0.717, 1.165) is 0 Å². The third kappa shape index (κ3) is 4.13. The van der Waals surface area contributed by atoms with Crippen LogP contribution in [0, 0.1) is 0 Å². The molecule has 0 saturated carbocycles. The number of methoxy groups -OCH3 is 3. The predicted molar refractivity (Wildman–Crippen MR) is 60.8 cm³/mol. The minimum absolute atomic E-state index is 0.359. The van der Waals surface area contributed by atoms with Gasteiger partial charge in [-0.1, -0.05) is 0 Å². The first-order chi connectivity index (χ1) is 7.70. The molecule has 0 fully saturated rings. The zero-order valence-electron chi connectivity index (χ0n) is 10.2. The molecule has 0 rings (SSSR count). The fraction of sp³-hybridized carbons (Fsp3) is 0.889. The monoisotopic (exact) mass is 249 g/mol. The van der Waals surface area contributed by atoms with Crippen molar-refractivity contribution in [2.24, 2.45) is 4.99 Å². The molecule has 0 aliphatic rings. The number of ether oxygens (including phenoxy) is 3. The van der Waals surface area contributed by atoms with Crippen LogP contribution in [0.5, 0.6) is 0 Å². The summed E-state index contributed by atoms with van der Waals surface area (Å²) in [7, 11) is 5.01. The molecule has 1 atom stereocenters. The maximum Gasteiger partial charge on any atom is 0.300 e. The molecule has 0 heterocycles. The van der Waals surface area contributed by atoms with Crippen LogP contribution < -0.4 is 0 Å². The van der Waals surface area contributed by atoms with E-state index in [0.29, 0.717) is 29.9 Å². The minimum atomic E-state index is -1.16. The van der Waals surface area contributed by atoms with Crippen molar-refractivity contribution < 1.29 is 23.4 Å². The molecule has 16 heavy (non-hydrogen) atoms. The summed E-state index contributed by atoms with van der Waals surface area (Å²) >= 11 is 0. The second-order valence-electron chi connectivity index (χ2n) is 3.06. The predicted octanol–water partition coefficient (Wildman–Crippen LogP) is -0.639. The number of rotatable bonds is 9. The highest BCUT2D eigenvalue weighted by molar-refractivity contribution is 5.98. The molecule has 0 aliphatic carbocycles. The molecule has 0 N–H and O–H groups in total. The van der Waals surface area contributed by atoms with Crippen LogP contribution in [0.25, 0.3) is 0 Å². The molecule has 0 aromatic rings. The van der Waals surface area contributed by atoms with E-state index in [9.17, 15) is 4.79 Å². The van der Waals surface area contributed by atoms with Crippen molar-refractivity contribution >= 4 is 16.6 Å². The highest BCUT2D eigenvalue weighted by Crippen LogP contribution is 2.23. The second kappa shape index (κ2) is 8.57. The summed E-state index contributed by atoms with van der Waals surface area (Å²) in [6, 6.07) is 0. The van der Waals surface area contributed by atoms with E-state index in [1.165, 1.54) is 20.3 Å². The zero-order valence-corrected chi connectivity index (χ0v) is 12.2.